The van der Waals surface area contributed by atoms with E-state index in [9.17, 15) is 9.50 Å². The van der Waals surface area contributed by atoms with Crippen LogP contribution < -0.4 is 5.32 Å². The maximum absolute atomic E-state index is 14.2. The molecule has 0 amide bonds. The van der Waals surface area contributed by atoms with Gasteiger partial charge in [0, 0.05) is 29.1 Å². The van der Waals surface area contributed by atoms with Crippen LogP contribution in [0.25, 0.3) is 32.9 Å². The highest BCUT2D eigenvalue weighted by Gasteiger charge is 2.40. The van der Waals surface area contributed by atoms with Crippen molar-refractivity contribution < 1.29 is 9.50 Å². The summed E-state index contributed by atoms with van der Waals surface area (Å²) in [6.07, 6.45) is 14.0. The number of phenols is 1. The number of hydrogen-bond acceptors (Lipinski definition) is 4. The van der Waals surface area contributed by atoms with Crippen molar-refractivity contribution in [2.24, 2.45) is 5.92 Å². The van der Waals surface area contributed by atoms with Crippen LogP contribution >= 0.6 is 0 Å². The molecule has 2 unspecified atom stereocenters. The Hall–Kier alpha value is -3.69. The monoisotopic (exact) mass is 410 g/mol. The number of H-pyrrole nitrogens is 1. The Morgan fingerprint density at radius 2 is 2.13 bits per heavy atom. The van der Waals surface area contributed by atoms with Gasteiger partial charge in [-0.15, -0.1) is 6.42 Å². The van der Waals surface area contributed by atoms with E-state index in [1.54, 1.807) is 24.4 Å². The number of nitrogens with one attached hydrogen (secondary N) is 2. The van der Waals surface area contributed by atoms with Crippen LogP contribution in [0, 0.1) is 24.1 Å². The number of rotatable bonds is 2. The van der Waals surface area contributed by atoms with E-state index in [4.69, 9.17) is 6.42 Å². The van der Waals surface area contributed by atoms with Crippen LogP contribution in [0.4, 0.5) is 4.39 Å². The summed E-state index contributed by atoms with van der Waals surface area (Å²) >= 11 is 0. The molecule has 6 heteroatoms. The summed E-state index contributed by atoms with van der Waals surface area (Å²) in [6.45, 7) is 0.960. The average Bonchev–Trinajstić information content (AvgIpc) is 3.24. The highest BCUT2D eigenvalue weighted by atomic mass is 19.1. The summed E-state index contributed by atoms with van der Waals surface area (Å²) in [5.41, 5.74) is 2.73. The molecule has 2 bridgehead atoms. The fourth-order valence-electron chi connectivity index (χ4n) is 4.90. The SMILES string of the molecule is C#Cc1c(F)ccc2cc(O)c(-c3cc4n[nH]c(C56C=CC(CC5)CN6)c4cn3)cc12. The standard InChI is InChI=1S/C25H19FN4O/c1-2-16-17-10-18(23(31)9-15(17)3-4-20(16)26)21-11-22-19(13-27-21)24(30-29-22)25-7-5-14(6-8-25)12-28-25/h1,3-5,7,9-11,13-14,28,31H,6,8,12H2,(H,29,30). The Balaban J connectivity index is 1.50. The third-order valence-electron chi connectivity index (χ3n) is 6.63. The molecule has 2 aromatic carbocycles. The van der Waals surface area contributed by atoms with Gasteiger partial charge in [0.05, 0.1) is 28.0 Å². The number of pyridine rings is 1. The van der Waals surface area contributed by atoms with E-state index >= 15 is 0 Å². The van der Waals surface area contributed by atoms with E-state index in [-0.39, 0.29) is 16.9 Å². The number of fused-ring (bicyclic) bond motifs is 4. The Labute approximate surface area is 178 Å². The lowest BCUT2D eigenvalue weighted by Crippen LogP contribution is -2.50. The summed E-state index contributed by atoms with van der Waals surface area (Å²) < 4.78 is 14.2. The topological polar surface area (TPSA) is 73.8 Å². The zero-order chi connectivity index (χ0) is 21.2. The third kappa shape index (κ3) is 2.60. The summed E-state index contributed by atoms with van der Waals surface area (Å²) in [7, 11) is 0. The zero-order valence-electron chi connectivity index (χ0n) is 16.6. The summed E-state index contributed by atoms with van der Waals surface area (Å²) in [4.78, 5) is 4.61. The van der Waals surface area contributed by atoms with Crippen molar-refractivity contribution in [2.75, 3.05) is 6.54 Å². The smallest absolute Gasteiger partial charge is 0.139 e. The molecule has 0 spiro atoms. The van der Waals surface area contributed by atoms with Crippen LogP contribution in [-0.2, 0) is 5.54 Å². The summed E-state index contributed by atoms with van der Waals surface area (Å²) in [5.74, 6) is 2.61. The van der Waals surface area contributed by atoms with Crippen LogP contribution in [0.1, 0.15) is 24.1 Å². The lowest BCUT2D eigenvalue weighted by molar-refractivity contribution is 0.253. The van der Waals surface area contributed by atoms with Gasteiger partial charge in [0.15, 0.2) is 0 Å². The molecule has 3 aliphatic rings. The lowest BCUT2D eigenvalue weighted by atomic mass is 9.75. The first-order valence-electron chi connectivity index (χ1n) is 10.3. The van der Waals surface area contributed by atoms with Crippen molar-refractivity contribution in [1.29, 1.82) is 0 Å². The van der Waals surface area contributed by atoms with Crippen molar-refractivity contribution in [3.8, 4) is 29.4 Å². The number of benzene rings is 2. The van der Waals surface area contributed by atoms with Gasteiger partial charge in [0.2, 0.25) is 0 Å². The molecule has 4 aromatic rings. The van der Waals surface area contributed by atoms with Crippen molar-refractivity contribution in [2.45, 2.75) is 18.4 Å². The minimum atomic E-state index is -0.464. The minimum Gasteiger partial charge on any atom is -0.507 e. The van der Waals surface area contributed by atoms with Gasteiger partial charge in [0.25, 0.3) is 0 Å². The number of nitrogens with zero attached hydrogens (tertiary/aromatic N) is 2. The maximum atomic E-state index is 14.2. The van der Waals surface area contributed by atoms with E-state index in [2.05, 4.69) is 38.6 Å². The molecular weight excluding hydrogens is 391 g/mol. The largest absolute Gasteiger partial charge is 0.507 e. The Kier molecular flexibility index (Phi) is 3.74. The zero-order valence-corrected chi connectivity index (χ0v) is 16.6. The predicted octanol–water partition coefficient (Wildman–Crippen LogP) is 4.37. The number of phenolic OH excluding ortho intramolecular Hbond substituents is 1. The first-order chi connectivity index (χ1) is 15.1. The molecule has 152 valence electrons. The van der Waals surface area contributed by atoms with Crippen molar-refractivity contribution in [3.63, 3.8) is 0 Å². The third-order valence-corrected chi connectivity index (χ3v) is 6.63. The highest BCUT2D eigenvalue weighted by molar-refractivity contribution is 5.95. The Morgan fingerprint density at radius 1 is 1.23 bits per heavy atom. The fraction of sp³-hybridized carbons (Fsp3) is 0.200. The van der Waals surface area contributed by atoms with Gasteiger partial charge in [-0.05, 0) is 48.4 Å². The maximum Gasteiger partial charge on any atom is 0.139 e. The van der Waals surface area contributed by atoms with Crippen molar-refractivity contribution in [1.82, 2.24) is 20.5 Å². The first-order valence-corrected chi connectivity index (χ1v) is 10.3. The molecule has 2 aliphatic heterocycles. The highest BCUT2D eigenvalue weighted by Crippen LogP contribution is 2.41. The second-order valence-corrected chi connectivity index (χ2v) is 8.35. The van der Waals surface area contributed by atoms with Gasteiger partial charge in [-0.1, -0.05) is 24.1 Å². The van der Waals surface area contributed by atoms with Gasteiger partial charge >= 0.3 is 0 Å². The van der Waals surface area contributed by atoms with E-state index in [1.165, 1.54) is 6.07 Å². The molecule has 0 radical (unpaired) electrons. The lowest BCUT2D eigenvalue weighted by Gasteiger charge is -2.42. The quantitative estimate of drug-likeness (QED) is 0.339. The molecule has 4 heterocycles. The van der Waals surface area contributed by atoms with Gasteiger partial charge in [-0.2, -0.15) is 5.10 Å². The number of aromatic nitrogens is 3. The summed E-state index contributed by atoms with van der Waals surface area (Å²) in [6, 6.07) is 8.02. The molecule has 2 aromatic heterocycles. The number of halogens is 1. The van der Waals surface area contributed by atoms with Crippen LogP contribution in [0.2, 0.25) is 0 Å². The molecular formula is C25H19FN4O. The molecule has 31 heavy (non-hydrogen) atoms. The number of terminal acetylenes is 1. The molecule has 1 aliphatic carbocycles. The van der Waals surface area contributed by atoms with Crippen LogP contribution in [0.15, 0.2) is 48.7 Å². The number of hydrogen-bond donors (Lipinski definition) is 3. The number of piperidine rings is 1. The van der Waals surface area contributed by atoms with E-state index in [0.29, 0.717) is 27.9 Å². The van der Waals surface area contributed by atoms with Gasteiger partial charge in [-0.3, -0.25) is 10.1 Å². The molecule has 2 atom stereocenters. The molecule has 3 N–H and O–H groups in total. The van der Waals surface area contributed by atoms with Crippen LogP contribution in [-0.4, -0.2) is 26.8 Å². The van der Waals surface area contributed by atoms with Crippen LogP contribution in [0.3, 0.4) is 0 Å². The number of aromatic amines is 1. The van der Waals surface area contributed by atoms with E-state index in [0.717, 1.165) is 36.0 Å². The average molecular weight is 410 g/mol. The fourth-order valence-corrected chi connectivity index (χ4v) is 4.90. The Morgan fingerprint density at radius 3 is 2.87 bits per heavy atom. The molecule has 1 saturated heterocycles. The summed E-state index contributed by atoms with van der Waals surface area (Å²) in [5, 5.41) is 24.2. The van der Waals surface area contributed by atoms with Gasteiger partial charge < -0.3 is 10.4 Å². The second kappa shape index (κ2) is 6.40. The van der Waals surface area contributed by atoms with Gasteiger partial charge in [0.1, 0.15) is 11.6 Å². The van der Waals surface area contributed by atoms with Gasteiger partial charge in [-0.25, -0.2) is 4.39 Å². The van der Waals surface area contributed by atoms with E-state index in [1.807, 2.05) is 6.07 Å². The van der Waals surface area contributed by atoms with E-state index < -0.39 is 5.82 Å². The minimum absolute atomic E-state index is 0.0542. The molecule has 1 fully saturated rings. The normalized spacial score (nSPS) is 22.3. The van der Waals surface area contributed by atoms with Crippen molar-refractivity contribution >= 4 is 21.7 Å². The first kappa shape index (κ1) is 18.1. The second-order valence-electron chi connectivity index (χ2n) is 8.35. The molecule has 5 nitrogen and oxygen atoms in total. The number of aromatic hydroxyl groups is 1. The predicted molar refractivity (Wildman–Crippen MR) is 118 cm³/mol. The van der Waals surface area contributed by atoms with Crippen LogP contribution in [0.5, 0.6) is 5.75 Å². The molecule has 0 saturated carbocycles. The Bertz CT molecular complexity index is 1440. The van der Waals surface area contributed by atoms with Crippen molar-refractivity contribution in [3.05, 3.63) is 65.8 Å². The molecule has 7 rings (SSSR count).